The van der Waals surface area contributed by atoms with Crippen LogP contribution >= 0.6 is 0 Å². The highest BCUT2D eigenvalue weighted by Gasteiger charge is 2.53. The molecule has 0 aliphatic carbocycles. The molecule has 3 aromatic carbocycles. The van der Waals surface area contributed by atoms with Crippen LogP contribution in [-0.2, 0) is 11.2 Å². The van der Waals surface area contributed by atoms with Gasteiger partial charge in [-0.05, 0) is 29.5 Å². The first-order valence-corrected chi connectivity index (χ1v) is 9.55. The predicted molar refractivity (Wildman–Crippen MR) is 107 cm³/mol. The maximum absolute atomic E-state index is 14.9. The smallest absolute Gasteiger partial charge is 0.308 e. The number of alkyl halides is 2. The van der Waals surface area contributed by atoms with Crippen molar-refractivity contribution in [3.63, 3.8) is 0 Å². The highest BCUT2D eigenvalue weighted by atomic mass is 19.3. The van der Waals surface area contributed by atoms with Gasteiger partial charge in [0.15, 0.2) is 0 Å². The zero-order valence-corrected chi connectivity index (χ0v) is 15.5. The number of ether oxygens (including phenoxy) is 1. The molecule has 2 atom stereocenters. The van der Waals surface area contributed by atoms with E-state index in [0.717, 1.165) is 23.1 Å². The third-order valence-electron chi connectivity index (χ3n) is 5.18. The molecule has 3 heteroatoms. The standard InChI is InChI=1S/C25H22F2O/c26-25(27)22(18-10-13-19-11-4-1-5-12-19)23(20-14-6-2-7-15-20)24(28-25)21-16-8-3-9-17-21/h1-9,11-12,14-18,23-24H,10,13H2/b22-18+/t23-,24+/m1/s1. The van der Waals surface area contributed by atoms with Gasteiger partial charge >= 0.3 is 6.11 Å². The lowest BCUT2D eigenvalue weighted by molar-refractivity contribution is -0.207. The van der Waals surface area contributed by atoms with Crippen LogP contribution in [0.15, 0.2) is 103 Å². The minimum atomic E-state index is -3.28. The summed E-state index contributed by atoms with van der Waals surface area (Å²) < 4.78 is 35.1. The molecule has 28 heavy (non-hydrogen) atoms. The van der Waals surface area contributed by atoms with Crippen LogP contribution in [0.2, 0.25) is 0 Å². The second-order valence-electron chi connectivity index (χ2n) is 7.04. The summed E-state index contributed by atoms with van der Waals surface area (Å²) in [5, 5.41) is 0. The lowest BCUT2D eigenvalue weighted by Gasteiger charge is -2.19. The van der Waals surface area contributed by atoms with Gasteiger partial charge in [0.1, 0.15) is 6.10 Å². The van der Waals surface area contributed by atoms with Gasteiger partial charge in [-0.3, -0.25) is 0 Å². The summed E-state index contributed by atoms with van der Waals surface area (Å²) in [6.07, 6.45) is -1.05. The maximum Gasteiger partial charge on any atom is 0.380 e. The number of hydrogen-bond donors (Lipinski definition) is 0. The molecular formula is C25H22F2O. The van der Waals surface area contributed by atoms with Crippen molar-refractivity contribution >= 4 is 0 Å². The van der Waals surface area contributed by atoms with Crippen LogP contribution in [0.5, 0.6) is 0 Å². The van der Waals surface area contributed by atoms with E-state index in [1.807, 2.05) is 91.0 Å². The molecule has 0 N–H and O–H groups in total. The molecule has 0 amide bonds. The third-order valence-corrected chi connectivity index (χ3v) is 5.18. The fourth-order valence-corrected chi connectivity index (χ4v) is 3.84. The molecule has 0 aromatic heterocycles. The highest BCUT2D eigenvalue weighted by Crippen LogP contribution is 2.54. The van der Waals surface area contributed by atoms with Gasteiger partial charge in [-0.25, -0.2) is 0 Å². The molecule has 1 aliphatic rings. The van der Waals surface area contributed by atoms with Crippen molar-refractivity contribution in [2.75, 3.05) is 0 Å². The van der Waals surface area contributed by atoms with Gasteiger partial charge in [0.25, 0.3) is 0 Å². The Labute approximate surface area is 164 Å². The SMILES string of the molecule is FC1(F)O[C@@H](c2ccccc2)[C@H](c2ccccc2)/C1=C\CCc1ccccc1. The Balaban J connectivity index is 1.68. The van der Waals surface area contributed by atoms with E-state index in [9.17, 15) is 8.78 Å². The molecule has 1 nitrogen and oxygen atoms in total. The minimum absolute atomic E-state index is 0.0588. The fraction of sp³-hybridized carbons (Fsp3) is 0.200. The summed E-state index contributed by atoms with van der Waals surface area (Å²) in [5.41, 5.74) is 2.81. The van der Waals surface area contributed by atoms with Gasteiger partial charge < -0.3 is 4.74 Å². The largest absolute Gasteiger partial charge is 0.380 e. The molecule has 0 bridgehead atoms. The zero-order chi connectivity index (χ0) is 19.4. The van der Waals surface area contributed by atoms with Crippen LogP contribution in [0.1, 0.15) is 35.1 Å². The van der Waals surface area contributed by atoms with E-state index in [1.54, 1.807) is 6.08 Å². The van der Waals surface area contributed by atoms with Crippen molar-refractivity contribution < 1.29 is 13.5 Å². The molecule has 1 fully saturated rings. The highest BCUT2D eigenvalue weighted by molar-refractivity contribution is 5.39. The molecule has 1 heterocycles. The monoisotopic (exact) mass is 376 g/mol. The molecular weight excluding hydrogens is 354 g/mol. The first-order valence-electron chi connectivity index (χ1n) is 9.55. The second kappa shape index (κ2) is 8.07. The van der Waals surface area contributed by atoms with Crippen molar-refractivity contribution in [2.45, 2.75) is 31.0 Å². The normalized spacial score (nSPS) is 22.4. The quantitative estimate of drug-likeness (QED) is 0.451. The Morgan fingerprint density at radius 2 is 1.29 bits per heavy atom. The van der Waals surface area contributed by atoms with Gasteiger partial charge in [0.2, 0.25) is 0 Å². The van der Waals surface area contributed by atoms with Crippen LogP contribution in [0.3, 0.4) is 0 Å². The fourth-order valence-electron chi connectivity index (χ4n) is 3.84. The number of hydrogen-bond acceptors (Lipinski definition) is 1. The van der Waals surface area contributed by atoms with Crippen molar-refractivity contribution in [3.05, 3.63) is 119 Å². The zero-order valence-electron chi connectivity index (χ0n) is 15.5. The summed E-state index contributed by atoms with van der Waals surface area (Å²) in [5.74, 6) is -0.505. The Kier molecular flexibility index (Phi) is 5.36. The second-order valence-corrected chi connectivity index (χ2v) is 7.04. The maximum atomic E-state index is 14.9. The summed E-state index contributed by atoms with van der Waals surface area (Å²) in [7, 11) is 0. The van der Waals surface area contributed by atoms with Crippen LogP contribution in [-0.4, -0.2) is 6.11 Å². The Hall–Kier alpha value is -2.78. The van der Waals surface area contributed by atoms with E-state index in [0.29, 0.717) is 6.42 Å². The van der Waals surface area contributed by atoms with E-state index in [2.05, 4.69) is 0 Å². The molecule has 0 spiro atoms. The number of rotatable bonds is 5. The molecule has 3 aromatic rings. The number of halogens is 2. The van der Waals surface area contributed by atoms with Gasteiger partial charge in [0, 0.05) is 11.5 Å². The molecule has 1 aliphatic heterocycles. The molecule has 1 saturated heterocycles. The average molecular weight is 376 g/mol. The third kappa shape index (κ3) is 3.90. The lowest BCUT2D eigenvalue weighted by atomic mass is 9.84. The van der Waals surface area contributed by atoms with Crippen LogP contribution in [0, 0.1) is 0 Å². The van der Waals surface area contributed by atoms with Crippen molar-refractivity contribution in [2.24, 2.45) is 0 Å². The number of benzene rings is 3. The molecule has 0 unspecified atom stereocenters. The summed E-state index contributed by atoms with van der Waals surface area (Å²) in [4.78, 5) is 0. The van der Waals surface area contributed by atoms with E-state index < -0.39 is 18.1 Å². The van der Waals surface area contributed by atoms with Crippen LogP contribution < -0.4 is 0 Å². The van der Waals surface area contributed by atoms with Crippen molar-refractivity contribution in [1.82, 2.24) is 0 Å². The Bertz CT molecular complexity index is 921. The van der Waals surface area contributed by atoms with E-state index >= 15 is 0 Å². The Morgan fingerprint density at radius 3 is 1.89 bits per heavy atom. The predicted octanol–water partition coefficient (Wildman–Crippen LogP) is 6.69. The van der Waals surface area contributed by atoms with Gasteiger partial charge in [-0.15, -0.1) is 0 Å². The molecule has 0 saturated carbocycles. The molecule has 142 valence electrons. The topological polar surface area (TPSA) is 9.23 Å². The average Bonchev–Trinajstić information content (AvgIpc) is 3.01. The van der Waals surface area contributed by atoms with Crippen LogP contribution in [0.4, 0.5) is 8.78 Å². The summed E-state index contributed by atoms with van der Waals surface area (Å²) in [6.45, 7) is 0. The summed E-state index contributed by atoms with van der Waals surface area (Å²) in [6, 6.07) is 28.7. The lowest BCUT2D eigenvalue weighted by Crippen LogP contribution is -2.16. The van der Waals surface area contributed by atoms with Crippen LogP contribution in [0.25, 0.3) is 0 Å². The first kappa shape index (κ1) is 18.6. The minimum Gasteiger partial charge on any atom is -0.308 e. The van der Waals surface area contributed by atoms with Crippen molar-refractivity contribution in [3.8, 4) is 0 Å². The van der Waals surface area contributed by atoms with E-state index in [4.69, 9.17) is 4.74 Å². The first-order chi connectivity index (χ1) is 13.6. The number of allylic oxidation sites excluding steroid dienone is 1. The van der Waals surface area contributed by atoms with Gasteiger partial charge in [-0.2, -0.15) is 8.78 Å². The molecule has 4 rings (SSSR count). The van der Waals surface area contributed by atoms with Gasteiger partial charge in [-0.1, -0.05) is 97.1 Å². The molecule has 0 radical (unpaired) electrons. The summed E-state index contributed by atoms with van der Waals surface area (Å²) >= 11 is 0. The van der Waals surface area contributed by atoms with E-state index in [-0.39, 0.29) is 5.57 Å². The van der Waals surface area contributed by atoms with E-state index in [1.165, 1.54) is 0 Å². The number of aryl methyl sites for hydroxylation is 1. The Morgan fingerprint density at radius 1 is 0.750 bits per heavy atom. The van der Waals surface area contributed by atoms with Gasteiger partial charge in [0.05, 0.1) is 0 Å². The van der Waals surface area contributed by atoms with Crippen molar-refractivity contribution in [1.29, 1.82) is 0 Å².